The lowest BCUT2D eigenvalue weighted by molar-refractivity contribution is 0.478. The minimum Gasteiger partial charge on any atom is -0.326 e. The van der Waals surface area contributed by atoms with Crippen LogP contribution in [0.25, 0.3) is 0 Å². The van der Waals surface area contributed by atoms with Gasteiger partial charge in [0, 0.05) is 14.9 Å². The van der Waals surface area contributed by atoms with Crippen molar-refractivity contribution < 1.29 is 0 Å². The molecule has 0 bridgehead atoms. The summed E-state index contributed by atoms with van der Waals surface area (Å²) in [4.78, 5) is 1.40. The van der Waals surface area contributed by atoms with Crippen LogP contribution in [0.15, 0.2) is 15.9 Å². The van der Waals surface area contributed by atoms with Crippen molar-refractivity contribution in [3.8, 4) is 0 Å². The molecule has 0 atom stereocenters. The van der Waals surface area contributed by atoms with E-state index < -0.39 is 0 Å². The average Bonchev–Trinajstić information content (AvgIpc) is 2.29. The van der Waals surface area contributed by atoms with Gasteiger partial charge in [0.25, 0.3) is 0 Å². The molecule has 0 aliphatic carbocycles. The molecule has 0 fully saturated rings. The van der Waals surface area contributed by atoms with Crippen LogP contribution in [0.1, 0.15) is 25.1 Å². The van der Waals surface area contributed by atoms with Gasteiger partial charge in [-0.15, -0.1) is 11.3 Å². The van der Waals surface area contributed by atoms with E-state index in [1.807, 2.05) is 0 Å². The molecule has 1 aromatic rings. The van der Waals surface area contributed by atoms with Crippen molar-refractivity contribution in [2.75, 3.05) is 0 Å². The SMILES string of the molecule is CC(C)(N)CCc1sccc1Br. The maximum absolute atomic E-state index is 5.89. The van der Waals surface area contributed by atoms with E-state index in [0.717, 1.165) is 12.8 Å². The van der Waals surface area contributed by atoms with Gasteiger partial charge in [-0.2, -0.15) is 0 Å². The van der Waals surface area contributed by atoms with Crippen LogP contribution in [0.4, 0.5) is 0 Å². The molecule has 68 valence electrons. The van der Waals surface area contributed by atoms with Gasteiger partial charge in [0.2, 0.25) is 0 Å². The van der Waals surface area contributed by atoms with Crippen LogP contribution in [0.5, 0.6) is 0 Å². The fourth-order valence-electron chi connectivity index (χ4n) is 0.939. The first-order valence-electron chi connectivity index (χ1n) is 4.00. The summed E-state index contributed by atoms with van der Waals surface area (Å²) in [7, 11) is 0. The molecule has 0 radical (unpaired) electrons. The van der Waals surface area contributed by atoms with Crippen molar-refractivity contribution in [1.29, 1.82) is 0 Å². The number of rotatable bonds is 3. The Labute approximate surface area is 86.1 Å². The molecule has 1 heterocycles. The van der Waals surface area contributed by atoms with E-state index in [1.54, 1.807) is 11.3 Å². The Morgan fingerprint density at radius 2 is 2.25 bits per heavy atom. The second-order valence-electron chi connectivity index (χ2n) is 3.68. The van der Waals surface area contributed by atoms with Gasteiger partial charge in [-0.3, -0.25) is 0 Å². The summed E-state index contributed by atoms with van der Waals surface area (Å²) in [6, 6.07) is 2.09. The number of halogens is 1. The molecule has 1 nitrogen and oxygen atoms in total. The Hall–Kier alpha value is 0.140. The summed E-state index contributed by atoms with van der Waals surface area (Å²) in [5.41, 5.74) is 5.84. The van der Waals surface area contributed by atoms with Gasteiger partial charge >= 0.3 is 0 Å². The fourth-order valence-corrected chi connectivity index (χ4v) is 2.49. The standard InChI is InChI=1S/C9H14BrNS/c1-9(2,11)5-3-8-7(10)4-6-12-8/h4,6H,3,5,11H2,1-2H3. The zero-order chi connectivity index (χ0) is 9.19. The van der Waals surface area contributed by atoms with Crippen molar-refractivity contribution in [1.82, 2.24) is 0 Å². The molecule has 0 aromatic carbocycles. The van der Waals surface area contributed by atoms with Crippen LogP contribution in [-0.2, 0) is 6.42 Å². The molecule has 2 N–H and O–H groups in total. The Morgan fingerprint density at radius 1 is 1.58 bits per heavy atom. The number of hydrogen-bond donors (Lipinski definition) is 1. The second kappa shape index (κ2) is 3.90. The molecule has 0 spiro atoms. The van der Waals surface area contributed by atoms with Crippen LogP contribution in [0, 0.1) is 0 Å². The summed E-state index contributed by atoms with van der Waals surface area (Å²) < 4.78 is 1.22. The van der Waals surface area contributed by atoms with Gasteiger partial charge in [0.15, 0.2) is 0 Å². The molecule has 0 aliphatic heterocycles. The van der Waals surface area contributed by atoms with E-state index in [-0.39, 0.29) is 5.54 Å². The lowest BCUT2D eigenvalue weighted by Gasteiger charge is -2.17. The van der Waals surface area contributed by atoms with Gasteiger partial charge in [0.05, 0.1) is 0 Å². The maximum Gasteiger partial charge on any atom is 0.0314 e. The Bertz CT molecular complexity index is 249. The van der Waals surface area contributed by atoms with E-state index >= 15 is 0 Å². The highest BCUT2D eigenvalue weighted by molar-refractivity contribution is 9.10. The minimum absolute atomic E-state index is 0.0522. The van der Waals surface area contributed by atoms with Crippen LogP contribution < -0.4 is 5.73 Å². The summed E-state index contributed by atoms with van der Waals surface area (Å²) in [6.07, 6.45) is 2.11. The number of aryl methyl sites for hydroxylation is 1. The van der Waals surface area contributed by atoms with Gasteiger partial charge in [-0.25, -0.2) is 0 Å². The third kappa shape index (κ3) is 3.25. The zero-order valence-corrected chi connectivity index (χ0v) is 9.83. The molecule has 0 unspecified atom stereocenters. The second-order valence-corrected chi connectivity index (χ2v) is 5.54. The predicted molar refractivity (Wildman–Crippen MR) is 58.6 cm³/mol. The lowest BCUT2D eigenvalue weighted by Crippen LogP contribution is -2.32. The molecule has 12 heavy (non-hydrogen) atoms. The summed E-state index contributed by atoms with van der Waals surface area (Å²) in [5, 5.41) is 2.10. The van der Waals surface area contributed by atoms with Crippen molar-refractivity contribution in [3.05, 3.63) is 20.8 Å². The van der Waals surface area contributed by atoms with Gasteiger partial charge < -0.3 is 5.73 Å². The quantitative estimate of drug-likeness (QED) is 0.873. The smallest absolute Gasteiger partial charge is 0.0314 e. The topological polar surface area (TPSA) is 26.0 Å². The zero-order valence-electron chi connectivity index (χ0n) is 7.43. The molecule has 0 aliphatic rings. The van der Waals surface area contributed by atoms with E-state index in [2.05, 4.69) is 41.2 Å². The van der Waals surface area contributed by atoms with Crippen molar-refractivity contribution >= 4 is 27.3 Å². The first-order chi connectivity index (χ1) is 5.49. The van der Waals surface area contributed by atoms with E-state index in [4.69, 9.17) is 5.73 Å². The van der Waals surface area contributed by atoms with Crippen molar-refractivity contribution in [3.63, 3.8) is 0 Å². The van der Waals surface area contributed by atoms with E-state index in [1.165, 1.54) is 9.35 Å². The number of hydrogen-bond acceptors (Lipinski definition) is 2. The van der Waals surface area contributed by atoms with E-state index in [0.29, 0.717) is 0 Å². The average molecular weight is 248 g/mol. The minimum atomic E-state index is -0.0522. The van der Waals surface area contributed by atoms with Gasteiger partial charge in [-0.1, -0.05) is 0 Å². The highest BCUT2D eigenvalue weighted by Crippen LogP contribution is 2.25. The highest BCUT2D eigenvalue weighted by atomic mass is 79.9. The molecule has 1 rings (SSSR count). The molecule has 0 saturated heterocycles. The Morgan fingerprint density at radius 3 is 2.67 bits per heavy atom. The van der Waals surface area contributed by atoms with Crippen molar-refractivity contribution in [2.45, 2.75) is 32.2 Å². The molecular formula is C9H14BrNS. The fraction of sp³-hybridized carbons (Fsp3) is 0.556. The maximum atomic E-state index is 5.89. The number of thiophene rings is 1. The first kappa shape index (κ1) is 10.2. The summed E-state index contributed by atoms with van der Waals surface area (Å²) >= 11 is 5.29. The number of nitrogens with two attached hydrogens (primary N) is 1. The Kier molecular flexibility index (Phi) is 3.32. The molecular weight excluding hydrogens is 234 g/mol. The molecule has 1 aromatic heterocycles. The summed E-state index contributed by atoms with van der Waals surface area (Å²) in [5.74, 6) is 0. The first-order valence-corrected chi connectivity index (χ1v) is 5.67. The normalized spacial score (nSPS) is 12.0. The summed E-state index contributed by atoms with van der Waals surface area (Å²) in [6.45, 7) is 4.13. The third-order valence-electron chi connectivity index (χ3n) is 1.69. The monoisotopic (exact) mass is 247 g/mol. The predicted octanol–water partition coefficient (Wildman–Crippen LogP) is 3.18. The molecule has 0 amide bonds. The van der Waals surface area contributed by atoms with Gasteiger partial charge in [0.1, 0.15) is 0 Å². The molecule has 3 heteroatoms. The third-order valence-corrected chi connectivity index (χ3v) is 3.67. The Balaban J connectivity index is 2.49. The van der Waals surface area contributed by atoms with Crippen LogP contribution in [0.3, 0.4) is 0 Å². The van der Waals surface area contributed by atoms with Crippen LogP contribution in [-0.4, -0.2) is 5.54 Å². The van der Waals surface area contributed by atoms with Crippen LogP contribution in [0.2, 0.25) is 0 Å². The van der Waals surface area contributed by atoms with E-state index in [9.17, 15) is 0 Å². The van der Waals surface area contributed by atoms with Crippen LogP contribution >= 0.6 is 27.3 Å². The van der Waals surface area contributed by atoms with Gasteiger partial charge in [-0.05, 0) is 54.1 Å². The molecule has 0 saturated carbocycles. The highest BCUT2D eigenvalue weighted by Gasteiger charge is 2.11. The largest absolute Gasteiger partial charge is 0.326 e. The van der Waals surface area contributed by atoms with Crippen molar-refractivity contribution in [2.24, 2.45) is 5.73 Å². The lowest BCUT2D eigenvalue weighted by atomic mass is 10.00.